The van der Waals surface area contributed by atoms with E-state index in [1.54, 1.807) is 13.0 Å². The van der Waals surface area contributed by atoms with Crippen molar-refractivity contribution in [1.29, 1.82) is 0 Å². The molecule has 0 amide bonds. The van der Waals surface area contributed by atoms with Crippen LogP contribution in [0.2, 0.25) is 0 Å². The van der Waals surface area contributed by atoms with Crippen LogP contribution >= 0.6 is 0 Å². The highest BCUT2D eigenvalue weighted by atomic mass is 16.7. The van der Waals surface area contributed by atoms with Crippen LogP contribution in [0.3, 0.4) is 0 Å². The molecule has 32 heavy (non-hydrogen) atoms. The fraction of sp³-hybridized carbons (Fsp3) is 0.192. The van der Waals surface area contributed by atoms with Crippen LogP contribution < -0.4 is 19.5 Å². The van der Waals surface area contributed by atoms with Crippen LogP contribution in [0.25, 0.3) is 11.1 Å². The minimum Gasteiger partial charge on any atom is -0.487 e. The second-order valence-electron chi connectivity index (χ2n) is 7.18. The van der Waals surface area contributed by atoms with Gasteiger partial charge in [0.05, 0.1) is 17.9 Å². The van der Waals surface area contributed by atoms with Crippen molar-refractivity contribution < 1.29 is 23.7 Å². The molecule has 0 saturated carbocycles. The molecule has 0 fully saturated rings. The third-order valence-corrected chi connectivity index (χ3v) is 5.10. The maximum atomic E-state index is 13.1. The molecule has 0 aliphatic carbocycles. The molecule has 6 heteroatoms. The van der Waals surface area contributed by atoms with Crippen molar-refractivity contribution in [3.8, 4) is 28.4 Å². The zero-order valence-corrected chi connectivity index (χ0v) is 18.1. The van der Waals surface area contributed by atoms with Gasteiger partial charge in [0.1, 0.15) is 12.4 Å². The Labute approximate surface area is 187 Å². The van der Waals surface area contributed by atoms with Crippen LogP contribution in [0, 0.1) is 6.92 Å². The molecule has 0 bridgehead atoms. The largest absolute Gasteiger partial charge is 0.487 e. The summed E-state index contributed by atoms with van der Waals surface area (Å²) in [7, 11) is 0. The molecule has 0 aromatic heterocycles. The van der Waals surface area contributed by atoms with Crippen molar-refractivity contribution in [2.24, 2.45) is 0 Å². The monoisotopic (exact) mass is 431 g/mol. The SMILES string of the molecule is C=CCOc1cc(-c2ccc3c(c2)OCO3)c(C(=O)OCC)c(C)c1Nc1ccccc1. The van der Waals surface area contributed by atoms with Gasteiger partial charge in [0.15, 0.2) is 11.5 Å². The van der Waals surface area contributed by atoms with Crippen molar-refractivity contribution in [3.05, 3.63) is 78.4 Å². The van der Waals surface area contributed by atoms with E-state index in [0.717, 1.165) is 16.8 Å². The number of esters is 1. The van der Waals surface area contributed by atoms with Gasteiger partial charge in [-0.25, -0.2) is 4.79 Å². The molecular formula is C26H25NO5. The molecule has 0 atom stereocenters. The van der Waals surface area contributed by atoms with Gasteiger partial charge < -0.3 is 24.3 Å². The van der Waals surface area contributed by atoms with Gasteiger partial charge in [-0.1, -0.05) is 36.9 Å². The average Bonchev–Trinajstić information content (AvgIpc) is 3.28. The number of hydrogen-bond acceptors (Lipinski definition) is 6. The lowest BCUT2D eigenvalue weighted by atomic mass is 9.93. The zero-order chi connectivity index (χ0) is 22.5. The third-order valence-electron chi connectivity index (χ3n) is 5.10. The van der Waals surface area contributed by atoms with Gasteiger partial charge in [-0.3, -0.25) is 0 Å². The van der Waals surface area contributed by atoms with Gasteiger partial charge in [0.25, 0.3) is 0 Å². The number of benzene rings is 3. The van der Waals surface area contributed by atoms with Gasteiger partial charge in [-0.2, -0.15) is 0 Å². The zero-order valence-electron chi connectivity index (χ0n) is 18.1. The van der Waals surface area contributed by atoms with Crippen LogP contribution in [0.15, 0.2) is 67.3 Å². The van der Waals surface area contributed by atoms with Crippen molar-refractivity contribution in [1.82, 2.24) is 0 Å². The molecule has 0 radical (unpaired) electrons. The molecule has 0 saturated heterocycles. The van der Waals surface area contributed by atoms with Gasteiger partial charge in [-0.15, -0.1) is 0 Å². The number of rotatable bonds is 8. The summed E-state index contributed by atoms with van der Waals surface area (Å²) < 4.78 is 22.4. The van der Waals surface area contributed by atoms with Crippen molar-refractivity contribution in [3.63, 3.8) is 0 Å². The summed E-state index contributed by atoms with van der Waals surface area (Å²) in [5.74, 6) is 1.51. The van der Waals surface area contributed by atoms with E-state index >= 15 is 0 Å². The topological polar surface area (TPSA) is 66.0 Å². The summed E-state index contributed by atoms with van der Waals surface area (Å²) in [6.45, 7) is 8.20. The lowest BCUT2D eigenvalue weighted by molar-refractivity contribution is 0.0526. The van der Waals surface area contributed by atoms with E-state index in [2.05, 4.69) is 11.9 Å². The van der Waals surface area contributed by atoms with Crippen LogP contribution in [-0.4, -0.2) is 26.0 Å². The van der Waals surface area contributed by atoms with Crippen molar-refractivity contribution in [2.75, 3.05) is 25.3 Å². The third kappa shape index (κ3) is 4.25. The number of para-hydroxylation sites is 1. The summed E-state index contributed by atoms with van der Waals surface area (Å²) in [6.07, 6.45) is 1.68. The first kappa shape index (κ1) is 21.3. The van der Waals surface area contributed by atoms with Crippen molar-refractivity contribution in [2.45, 2.75) is 13.8 Å². The number of ether oxygens (including phenoxy) is 4. The lowest BCUT2D eigenvalue weighted by Gasteiger charge is -2.21. The van der Waals surface area contributed by atoms with Crippen LogP contribution in [0.4, 0.5) is 11.4 Å². The maximum Gasteiger partial charge on any atom is 0.339 e. The minimum atomic E-state index is -0.399. The quantitative estimate of drug-likeness (QED) is 0.355. The highest BCUT2D eigenvalue weighted by Gasteiger charge is 2.25. The van der Waals surface area contributed by atoms with E-state index in [4.69, 9.17) is 18.9 Å². The first-order chi connectivity index (χ1) is 15.6. The normalized spacial score (nSPS) is 11.7. The Morgan fingerprint density at radius 1 is 1.12 bits per heavy atom. The molecule has 0 spiro atoms. The first-order valence-electron chi connectivity index (χ1n) is 10.4. The van der Waals surface area contributed by atoms with Gasteiger partial charge in [0, 0.05) is 11.3 Å². The number of anilines is 2. The first-order valence-corrected chi connectivity index (χ1v) is 10.4. The number of hydrogen-bond donors (Lipinski definition) is 1. The van der Waals surface area contributed by atoms with E-state index in [0.29, 0.717) is 40.7 Å². The number of fused-ring (bicyclic) bond motifs is 1. The molecule has 4 rings (SSSR count). The van der Waals surface area contributed by atoms with Gasteiger partial charge in [0.2, 0.25) is 6.79 Å². The van der Waals surface area contributed by atoms with Gasteiger partial charge in [-0.05, 0) is 55.3 Å². The molecule has 3 aromatic carbocycles. The Morgan fingerprint density at radius 2 is 1.91 bits per heavy atom. The molecule has 0 unspecified atom stereocenters. The summed E-state index contributed by atoms with van der Waals surface area (Å²) in [6, 6.07) is 17.2. The Kier molecular flexibility index (Phi) is 6.31. The van der Waals surface area contributed by atoms with E-state index in [1.165, 1.54) is 0 Å². The van der Waals surface area contributed by atoms with E-state index in [9.17, 15) is 4.79 Å². The molecule has 1 aliphatic heterocycles. The molecule has 6 nitrogen and oxygen atoms in total. The second-order valence-corrected chi connectivity index (χ2v) is 7.18. The predicted molar refractivity (Wildman–Crippen MR) is 124 cm³/mol. The van der Waals surface area contributed by atoms with Crippen LogP contribution in [-0.2, 0) is 4.74 Å². The number of nitrogens with one attached hydrogen (secondary N) is 1. The van der Waals surface area contributed by atoms with Crippen LogP contribution in [0.1, 0.15) is 22.8 Å². The maximum absolute atomic E-state index is 13.1. The average molecular weight is 431 g/mol. The summed E-state index contributed by atoms with van der Waals surface area (Å²) in [5.41, 5.74) is 4.26. The number of carbonyl (C=O) groups excluding carboxylic acids is 1. The Balaban J connectivity index is 1.90. The lowest BCUT2D eigenvalue weighted by Crippen LogP contribution is -2.12. The Morgan fingerprint density at radius 3 is 2.66 bits per heavy atom. The molecule has 1 heterocycles. The summed E-state index contributed by atoms with van der Waals surface area (Å²) >= 11 is 0. The Hall–Kier alpha value is -3.93. The standard InChI is InChI=1S/C26H25NO5/c1-4-13-30-23-15-20(18-11-12-21-22(14-18)32-16-31-21)24(26(28)29-5-2)17(3)25(23)27-19-9-7-6-8-10-19/h4,6-12,14-15,27H,1,5,13,16H2,2-3H3. The molecular weight excluding hydrogens is 406 g/mol. The molecule has 1 N–H and O–H groups in total. The molecule has 164 valence electrons. The number of carbonyl (C=O) groups is 1. The second kappa shape index (κ2) is 9.47. The van der Waals surface area contributed by atoms with Crippen LogP contribution in [0.5, 0.6) is 17.2 Å². The molecule has 1 aliphatic rings. The fourth-order valence-electron chi connectivity index (χ4n) is 3.63. The highest BCUT2D eigenvalue weighted by molar-refractivity contribution is 6.02. The van der Waals surface area contributed by atoms with E-state index in [-0.39, 0.29) is 13.4 Å². The van der Waals surface area contributed by atoms with E-state index in [1.807, 2.05) is 61.5 Å². The summed E-state index contributed by atoms with van der Waals surface area (Å²) in [4.78, 5) is 13.1. The summed E-state index contributed by atoms with van der Waals surface area (Å²) in [5, 5.41) is 3.40. The Bertz CT molecular complexity index is 1140. The van der Waals surface area contributed by atoms with E-state index < -0.39 is 5.97 Å². The smallest absolute Gasteiger partial charge is 0.339 e. The molecule has 3 aromatic rings. The van der Waals surface area contributed by atoms with Gasteiger partial charge >= 0.3 is 5.97 Å². The highest BCUT2D eigenvalue weighted by Crippen LogP contribution is 2.43. The minimum absolute atomic E-state index is 0.177. The predicted octanol–water partition coefficient (Wildman–Crippen LogP) is 5.88. The van der Waals surface area contributed by atoms with Crippen molar-refractivity contribution >= 4 is 17.3 Å². The fourth-order valence-corrected chi connectivity index (χ4v) is 3.63.